The van der Waals surface area contributed by atoms with Gasteiger partial charge < -0.3 is 5.32 Å². The number of benzene rings is 11. The highest BCUT2D eigenvalue weighted by molar-refractivity contribution is 7.94. The molecule has 4 saturated heterocycles. The molecule has 9 heterocycles. The van der Waals surface area contributed by atoms with E-state index < -0.39 is 70.2 Å². The number of carbonyl (C=O) groups is 1. The minimum atomic E-state index is -3.90. The Morgan fingerprint density at radius 3 is 1.09 bits per heavy atom. The van der Waals surface area contributed by atoms with Crippen LogP contribution in [0, 0.1) is 20.8 Å². The Labute approximate surface area is 839 Å². The van der Waals surface area contributed by atoms with Gasteiger partial charge in [0.15, 0.2) is 0 Å². The molecule has 20 rings (SSSR count). The second-order valence-corrected chi connectivity index (χ2v) is 48.8. The van der Waals surface area contributed by atoms with E-state index in [-0.39, 0.29) is 43.6 Å². The molecule has 1 amide bonds. The van der Waals surface area contributed by atoms with Crippen LogP contribution in [0.3, 0.4) is 0 Å². The highest BCUT2D eigenvalue weighted by atomic mass is 35.5. The lowest BCUT2D eigenvalue weighted by atomic mass is 10.00. The van der Waals surface area contributed by atoms with Crippen LogP contribution >= 0.6 is 11.6 Å². The van der Waals surface area contributed by atoms with Gasteiger partial charge in [0, 0.05) is 123 Å². The van der Waals surface area contributed by atoms with E-state index in [4.69, 9.17) is 16.6 Å². The van der Waals surface area contributed by atoms with Gasteiger partial charge in [-0.2, -0.15) is 0 Å². The van der Waals surface area contributed by atoms with Gasteiger partial charge >= 0.3 is 0 Å². The summed E-state index contributed by atoms with van der Waals surface area (Å²) < 4.78 is 193. The molecule has 4 aliphatic heterocycles. The molecular weight excluding hydrogens is 1970 g/mol. The number of pyridine rings is 5. The third-order valence-corrected chi connectivity index (χ3v) is 37.3. The maximum absolute atomic E-state index is 13.2. The SMILES string of the molecule is Cc1ccc(NS(=O)(=O)c2ccc(N3CCCCCS3(=O)=O)cc2)cc1-c1ccc2ccccc2n1.Cc1ccc(NS(=O)(=O)c2ccc(N3CCCCCS3(=O)=O)cc2)cc1-c1nccc2ccccc12.Cc1ccc(NS(=O)(=O)c2ccc(N3CCCCCS3(=O)=O)cc2)cc1-c1nccc2ncccc12.O=C(Nc1ccc(Cl)c(-c2nccc3ccccc23)c1)c1ccc(N2CCCCCS2(=O)=O)cc1. The van der Waals surface area contributed by atoms with E-state index in [0.29, 0.717) is 108 Å². The van der Waals surface area contributed by atoms with Gasteiger partial charge in [0.25, 0.3) is 36.0 Å². The van der Waals surface area contributed by atoms with Gasteiger partial charge in [0.05, 0.1) is 99.3 Å². The molecule has 0 atom stereocenters. The van der Waals surface area contributed by atoms with Crippen LogP contribution in [0.5, 0.6) is 0 Å². The highest BCUT2D eigenvalue weighted by Crippen LogP contribution is 2.40. The second-order valence-electron chi connectivity index (χ2n) is 35.3. The van der Waals surface area contributed by atoms with Gasteiger partial charge in [-0.25, -0.2) is 63.9 Å². The number of halogens is 1. The molecule has 0 unspecified atom stereocenters. The Morgan fingerprint density at radius 2 is 0.657 bits per heavy atom. The molecule has 11 aromatic carbocycles. The van der Waals surface area contributed by atoms with E-state index in [1.807, 2.05) is 160 Å². The van der Waals surface area contributed by atoms with Gasteiger partial charge in [0.1, 0.15) is 0 Å². The van der Waals surface area contributed by atoms with E-state index in [0.717, 1.165) is 156 Å². The van der Waals surface area contributed by atoms with Crippen LogP contribution in [0.4, 0.5) is 45.5 Å². The number of aromatic nitrogens is 5. The number of para-hydroxylation sites is 1. The van der Waals surface area contributed by atoms with Crippen molar-refractivity contribution >= 4 is 177 Å². The molecular formula is C107H104ClN13O15S7. The van der Waals surface area contributed by atoms with E-state index in [2.05, 4.69) is 39.4 Å². The molecule has 28 nitrogen and oxygen atoms in total. The number of rotatable bonds is 19. The fourth-order valence-corrected chi connectivity index (χ4v) is 27.7. The topological polar surface area (TPSA) is 382 Å². The van der Waals surface area contributed by atoms with E-state index >= 15 is 0 Å². The van der Waals surface area contributed by atoms with Crippen molar-refractivity contribution in [3.05, 3.63) is 337 Å². The molecule has 36 heteroatoms. The first-order valence-corrected chi connectivity index (χ1v) is 58.1. The Balaban J connectivity index is 0.000000131. The zero-order valence-electron chi connectivity index (χ0n) is 78.5. The number of aryl methyl sites for hydroxylation is 3. The molecule has 5 aromatic heterocycles. The zero-order chi connectivity index (χ0) is 100. The Morgan fingerprint density at radius 1 is 0.308 bits per heavy atom. The van der Waals surface area contributed by atoms with Gasteiger partial charge in [-0.05, 0) is 294 Å². The normalized spacial score (nSPS) is 15.9. The predicted molar refractivity (Wildman–Crippen MR) is 572 cm³/mol. The van der Waals surface area contributed by atoms with Gasteiger partial charge in [-0.3, -0.25) is 56.1 Å². The van der Waals surface area contributed by atoms with Crippen molar-refractivity contribution in [2.75, 3.05) is 85.9 Å². The molecule has 0 radical (unpaired) electrons. The van der Waals surface area contributed by atoms with Gasteiger partial charge in [-0.15, -0.1) is 0 Å². The maximum atomic E-state index is 13.2. The molecule has 4 fully saturated rings. The van der Waals surface area contributed by atoms with Crippen LogP contribution in [0.15, 0.2) is 325 Å². The summed E-state index contributed by atoms with van der Waals surface area (Å²) in [6.07, 6.45) is 16.1. The predicted octanol–water partition coefficient (Wildman–Crippen LogP) is 21.5. The number of sulfonamides is 7. The average molecular weight is 2070 g/mol. The summed E-state index contributed by atoms with van der Waals surface area (Å²) in [6.45, 7) is 7.54. The van der Waals surface area contributed by atoms with Crippen LogP contribution in [-0.4, -0.2) is 139 Å². The van der Waals surface area contributed by atoms with Crippen molar-refractivity contribution in [2.24, 2.45) is 0 Å². The summed E-state index contributed by atoms with van der Waals surface area (Å²) in [5.41, 5.74) is 15.1. The Hall–Kier alpha value is -13.8. The maximum Gasteiger partial charge on any atom is 0.261 e. The quantitative estimate of drug-likeness (QED) is 0.0584. The van der Waals surface area contributed by atoms with Gasteiger partial charge in [-0.1, -0.05) is 128 Å². The zero-order valence-corrected chi connectivity index (χ0v) is 84.9. The lowest BCUT2D eigenvalue weighted by Crippen LogP contribution is -2.32. The summed E-state index contributed by atoms with van der Waals surface area (Å²) in [7, 11) is -25.2. The van der Waals surface area contributed by atoms with Crippen LogP contribution in [-0.2, 0) is 70.2 Å². The first-order chi connectivity index (χ1) is 68.6. The highest BCUT2D eigenvalue weighted by Gasteiger charge is 2.32. The number of amides is 1. The lowest BCUT2D eigenvalue weighted by Gasteiger charge is -2.22. The van der Waals surface area contributed by atoms with Crippen molar-refractivity contribution in [2.45, 2.75) is 113 Å². The van der Waals surface area contributed by atoms with Crippen molar-refractivity contribution in [3.63, 3.8) is 0 Å². The fourth-order valence-electron chi connectivity index (χ4n) is 17.8. The van der Waals surface area contributed by atoms with Crippen LogP contribution in [0.2, 0.25) is 5.02 Å². The molecule has 0 saturated carbocycles. The molecule has 0 spiro atoms. The molecule has 4 N–H and O–H groups in total. The van der Waals surface area contributed by atoms with Crippen molar-refractivity contribution < 1.29 is 63.7 Å². The number of nitrogens with zero attached hydrogens (tertiary/aromatic N) is 9. The van der Waals surface area contributed by atoms with Crippen LogP contribution < -0.4 is 36.7 Å². The summed E-state index contributed by atoms with van der Waals surface area (Å²) in [4.78, 5) is 35.9. The number of carbonyl (C=O) groups excluding carboxylic acids is 1. The number of nitrogens with one attached hydrogen (secondary N) is 4. The molecule has 0 aliphatic carbocycles. The third kappa shape index (κ3) is 23.6. The van der Waals surface area contributed by atoms with E-state index in [1.54, 1.807) is 134 Å². The van der Waals surface area contributed by atoms with Crippen LogP contribution in [0.25, 0.3) is 88.4 Å². The fraction of sp³-hybridized carbons (Fsp3) is 0.215. The molecule has 16 aromatic rings. The van der Waals surface area contributed by atoms with Crippen molar-refractivity contribution in [1.29, 1.82) is 0 Å². The third-order valence-electron chi connectivity index (χ3n) is 25.3. The van der Waals surface area contributed by atoms with Crippen LogP contribution in [0.1, 0.15) is 104 Å². The minimum absolute atomic E-state index is 0.0491. The monoisotopic (exact) mass is 2070 g/mol. The summed E-state index contributed by atoms with van der Waals surface area (Å²) in [5, 5.41) is 9.43. The molecule has 736 valence electrons. The molecule has 0 bridgehead atoms. The van der Waals surface area contributed by atoms with E-state index in [1.165, 1.54) is 53.6 Å². The first kappa shape index (κ1) is 101. The number of hydrogen-bond acceptors (Lipinski definition) is 20. The lowest BCUT2D eigenvalue weighted by molar-refractivity contribution is 0.102. The summed E-state index contributed by atoms with van der Waals surface area (Å²) in [6, 6.07) is 83.1. The Bertz CT molecular complexity index is 8090. The van der Waals surface area contributed by atoms with Crippen molar-refractivity contribution in [3.8, 4) is 45.0 Å². The second kappa shape index (κ2) is 43.2. The standard InChI is InChI=1S/C27H24ClN3O3S.2C27H27N3O4S2.C26H26N4O4S2/c28-25-13-10-21(18-24(25)26-23-7-3-2-6-19(23)14-15-29-26)30-27(32)20-8-11-22(12-9-20)31-16-4-1-5-17-35(31,33)34;1-20-9-11-22(19-25(20)27-16-10-21-7-3-4-8-26(21)28-27)29-36(33,34)24-14-12-23(13-15-24)30-17-5-2-6-18-35(30,31)32;1-20-9-10-22(19-26(20)27-25-8-4-3-7-21(25)15-16-28-27)29-36(33,34)24-13-11-23(12-14-24)30-17-5-2-6-18-35(30,31)32;1-19-7-8-20(18-24(19)26-23-6-5-14-27-25(23)13-15-28-26)29-36(33,34)22-11-9-21(10-12-22)30-16-3-2-4-17-35(30,31)32/h2-3,6-15,18H,1,4-5,16-17H2,(H,30,32);2*3-4,7-16,19,29H,2,5-6,17-18H2,1H3;5-15,18,29H,2-4,16-17H2,1H3. The summed E-state index contributed by atoms with van der Waals surface area (Å²) >= 11 is 6.50. The summed E-state index contributed by atoms with van der Waals surface area (Å²) in [5.74, 6) is 0.173. The minimum Gasteiger partial charge on any atom is -0.322 e. The molecule has 4 aliphatic rings. The smallest absolute Gasteiger partial charge is 0.261 e. The van der Waals surface area contributed by atoms with Crippen molar-refractivity contribution in [1.82, 2.24) is 24.9 Å². The Kier molecular flexibility index (Phi) is 30.4. The first-order valence-electron chi connectivity index (χ1n) is 46.8. The molecule has 143 heavy (non-hydrogen) atoms. The number of hydrogen-bond donors (Lipinski definition) is 4. The number of fused-ring (bicyclic) bond motifs is 4. The largest absolute Gasteiger partial charge is 0.322 e. The average Bonchev–Trinajstić information content (AvgIpc) is 1.52. The van der Waals surface area contributed by atoms with E-state index in [9.17, 15) is 63.7 Å². The van der Waals surface area contributed by atoms with Gasteiger partial charge in [0.2, 0.25) is 40.1 Å². The number of anilines is 8.